The van der Waals surface area contributed by atoms with Crippen LogP contribution in [-0.4, -0.2) is 43.4 Å². The van der Waals surface area contributed by atoms with E-state index in [0.29, 0.717) is 30.8 Å². The minimum atomic E-state index is -0.380. The second-order valence-electron chi connectivity index (χ2n) is 4.64. The lowest BCUT2D eigenvalue weighted by Gasteiger charge is -2.27. The lowest BCUT2D eigenvalue weighted by molar-refractivity contribution is 0.0599. The van der Waals surface area contributed by atoms with Crippen molar-refractivity contribution >= 4 is 11.8 Å². The summed E-state index contributed by atoms with van der Waals surface area (Å²) < 4.78 is 4.69. The SMILES string of the molecule is COC(=O)c1ccc2c(c1)CN(CCCN)CC2=O. The van der Waals surface area contributed by atoms with Gasteiger partial charge in [-0.1, -0.05) is 6.07 Å². The second-order valence-corrected chi connectivity index (χ2v) is 4.64. The fraction of sp³-hybridized carbons (Fsp3) is 0.429. The third-order valence-corrected chi connectivity index (χ3v) is 3.27. The average Bonchev–Trinajstić information content (AvgIpc) is 2.43. The maximum atomic E-state index is 12.0. The maximum absolute atomic E-state index is 12.0. The Labute approximate surface area is 112 Å². The third kappa shape index (κ3) is 3.00. The molecule has 0 radical (unpaired) electrons. The van der Waals surface area contributed by atoms with Crippen LogP contribution in [0.3, 0.4) is 0 Å². The summed E-state index contributed by atoms with van der Waals surface area (Å²) in [7, 11) is 1.35. The van der Waals surface area contributed by atoms with Crippen LogP contribution in [0.25, 0.3) is 0 Å². The van der Waals surface area contributed by atoms with Gasteiger partial charge in [-0.15, -0.1) is 0 Å². The van der Waals surface area contributed by atoms with Gasteiger partial charge in [-0.2, -0.15) is 0 Å². The van der Waals surface area contributed by atoms with Gasteiger partial charge >= 0.3 is 5.97 Å². The van der Waals surface area contributed by atoms with Gasteiger partial charge in [-0.25, -0.2) is 4.79 Å². The summed E-state index contributed by atoms with van der Waals surface area (Å²) >= 11 is 0. The molecule has 0 saturated carbocycles. The van der Waals surface area contributed by atoms with Crippen LogP contribution >= 0.6 is 0 Å². The zero-order chi connectivity index (χ0) is 13.8. The van der Waals surface area contributed by atoms with Gasteiger partial charge in [0.05, 0.1) is 19.2 Å². The van der Waals surface area contributed by atoms with Crippen LogP contribution < -0.4 is 5.73 Å². The molecular formula is C14H18N2O3. The van der Waals surface area contributed by atoms with Crippen molar-refractivity contribution in [3.8, 4) is 0 Å². The van der Waals surface area contributed by atoms with E-state index in [1.165, 1.54) is 7.11 Å². The molecule has 0 amide bonds. The molecule has 1 heterocycles. The van der Waals surface area contributed by atoms with Gasteiger partial charge in [0, 0.05) is 18.7 Å². The molecule has 0 fully saturated rings. The quantitative estimate of drug-likeness (QED) is 0.813. The van der Waals surface area contributed by atoms with Gasteiger partial charge in [0.15, 0.2) is 5.78 Å². The maximum Gasteiger partial charge on any atom is 0.337 e. The van der Waals surface area contributed by atoms with Crippen LogP contribution in [0.2, 0.25) is 0 Å². The minimum absolute atomic E-state index is 0.0923. The highest BCUT2D eigenvalue weighted by atomic mass is 16.5. The predicted molar refractivity (Wildman–Crippen MR) is 71.1 cm³/mol. The standard InChI is InChI=1S/C14H18N2O3/c1-19-14(18)10-3-4-12-11(7-10)8-16(6-2-5-15)9-13(12)17/h3-4,7H,2,5-6,8-9,15H2,1H3. The van der Waals surface area contributed by atoms with E-state index in [9.17, 15) is 9.59 Å². The Balaban J connectivity index is 2.23. The summed E-state index contributed by atoms with van der Waals surface area (Å²) in [5.41, 5.74) is 7.56. The van der Waals surface area contributed by atoms with E-state index in [1.54, 1.807) is 18.2 Å². The second kappa shape index (κ2) is 5.95. The number of fused-ring (bicyclic) bond motifs is 1. The monoisotopic (exact) mass is 262 g/mol. The molecule has 1 aliphatic rings. The van der Waals surface area contributed by atoms with Gasteiger partial charge in [0.1, 0.15) is 0 Å². The van der Waals surface area contributed by atoms with Crippen molar-refractivity contribution in [3.63, 3.8) is 0 Å². The Bertz CT molecular complexity index is 499. The molecule has 102 valence electrons. The van der Waals surface area contributed by atoms with E-state index in [1.807, 2.05) is 0 Å². The van der Waals surface area contributed by atoms with Crippen molar-refractivity contribution in [2.24, 2.45) is 5.73 Å². The van der Waals surface area contributed by atoms with Gasteiger partial charge in [0.25, 0.3) is 0 Å². The highest BCUT2D eigenvalue weighted by molar-refractivity contribution is 6.01. The molecule has 5 nitrogen and oxygen atoms in total. The first-order chi connectivity index (χ1) is 9.15. The first-order valence-electron chi connectivity index (χ1n) is 6.32. The van der Waals surface area contributed by atoms with Gasteiger partial charge in [-0.3, -0.25) is 9.69 Å². The summed E-state index contributed by atoms with van der Waals surface area (Å²) in [6.07, 6.45) is 0.860. The first-order valence-corrected chi connectivity index (χ1v) is 6.32. The molecule has 5 heteroatoms. The largest absolute Gasteiger partial charge is 0.465 e. The molecule has 0 unspecified atom stereocenters. The highest BCUT2D eigenvalue weighted by Gasteiger charge is 2.23. The number of ether oxygens (including phenoxy) is 1. The summed E-state index contributed by atoms with van der Waals surface area (Å²) in [4.78, 5) is 25.6. The lowest BCUT2D eigenvalue weighted by Crippen LogP contribution is -2.36. The first kappa shape index (κ1) is 13.7. The van der Waals surface area contributed by atoms with Crippen LogP contribution in [0.5, 0.6) is 0 Å². The number of methoxy groups -OCH3 is 1. The molecule has 0 aliphatic carbocycles. The smallest absolute Gasteiger partial charge is 0.337 e. The number of nitrogens with zero attached hydrogens (tertiary/aromatic N) is 1. The van der Waals surface area contributed by atoms with Crippen LogP contribution in [0.1, 0.15) is 32.7 Å². The van der Waals surface area contributed by atoms with E-state index in [0.717, 1.165) is 18.5 Å². The molecular weight excluding hydrogens is 244 g/mol. The molecule has 0 atom stereocenters. The van der Waals surface area contributed by atoms with Crippen molar-refractivity contribution in [1.29, 1.82) is 0 Å². The molecule has 19 heavy (non-hydrogen) atoms. The van der Waals surface area contributed by atoms with E-state index in [-0.39, 0.29) is 11.8 Å². The van der Waals surface area contributed by atoms with Crippen LogP contribution in [-0.2, 0) is 11.3 Å². The van der Waals surface area contributed by atoms with Gasteiger partial charge in [0.2, 0.25) is 0 Å². The fourth-order valence-corrected chi connectivity index (χ4v) is 2.30. The number of carbonyl (C=O) groups is 2. The number of carbonyl (C=O) groups excluding carboxylic acids is 2. The number of nitrogens with two attached hydrogens (primary N) is 1. The zero-order valence-corrected chi connectivity index (χ0v) is 11.0. The third-order valence-electron chi connectivity index (χ3n) is 3.27. The molecule has 0 bridgehead atoms. The fourth-order valence-electron chi connectivity index (χ4n) is 2.30. The molecule has 1 aliphatic heterocycles. The Morgan fingerprint density at radius 1 is 1.42 bits per heavy atom. The van der Waals surface area contributed by atoms with Gasteiger partial charge in [-0.05, 0) is 30.7 Å². The molecule has 1 aromatic rings. The molecule has 2 N–H and O–H groups in total. The number of benzene rings is 1. The molecule has 2 rings (SSSR count). The van der Waals surface area contributed by atoms with E-state index in [2.05, 4.69) is 4.90 Å². The van der Waals surface area contributed by atoms with E-state index < -0.39 is 0 Å². The summed E-state index contributed by atoms with van der Waals surface area (Å²) in [6.45, 7) is 2.50. The van der Waals surface area contributed by atoms with E-state index in [4.69, 9.17) is 10.5 Å². The Morgan fingerprint density at radius 3 is 2.89 bits per heavy atom. The molecule has 0 saturated heterocycles. The van der Waals surface area contributed by atoms with Crippen molar-refractivity contribution in [3.05, 3.63) is 34.9 Å². The zero-order valence-electron chi connectivity index (χ0n) is 11.0. The molecule has 0 spiro atoms. The Kier molecular flexibility index (Phi) is 4.29. The number of hydrogen-bond donors (Lipinski definition) is 1. The Hall–Kier alpha value is -1.72. The normalized spacial score (nSPS) is 15.2. The summed E-state index contributed by atoms with van der Waals surface area (Å²) in [5, 5.41) is 0. The Morgan fingerprint density at radius 2 is 2.21 bits per heavy atom. The number of hydrogen-bond acceptors (Lipinski definition) is 5. The minimum Gasteiger partial charge on any atom is -0.465 e. The van der Waals surface area contributed by atoms with Crippen molar-refractivity contribution in [2.75, 3.05) is 26.7 Å². The number of rotatable bonds is 4. The van der Waals surface area contributed by atoms with Crippen LogP contribution in [0, 0.1) is 0 Å². The molecule has 1 aromatic carbocycles. The number of ketones is 1. The summed E-state index contributed by atoms with van der Waals surface area (Å²) in [6, 6.07) is 5.09. The van der Waals surface area contributed by atoms with Crippen molar-refractivity contribution in [1.82, 2.24) is 4.90 Å². The summed E-state index contributed by atoms with van der Waals surface area (Å²) in [5.74, 6) is -0.288. The number of Topliss-reactive ketones (excluding diaryl/α,β-unsaturated/α-hetero) is 1. The average molecular weight is 262 g/mol. The van der Waals surface area contributed by atoms with Crippen LogP contribution in [0.4, 0.5) is 0 Å². The van der Waals surface area contributed by atoms with Crippen molar-refractivity contribution < 1.29 is 14.3 Å². The highest BCUT2D eigenvalue weighted by Crippen LogP contribution is 2.21. The predicted octanol–water partition coefficient (Wildman–Crippen LogP) is 0.820. The topological polar surface area (TPSA) is 72.6 Å². The van der Waals surface area contributed by atoms with Gasteiger partial charge < -0.3 is 10.5 Å². The number of esters is 1. The van der Waals surface area contributed by atoms with Crippen molar-refractivity contribution in [2.45, 2.75) is 13.0 Å². The lowest BCUT2D eigenvalue weighted by atomic mass is 9.96. The van der Waals surface area contributed by atoms with Crippen LogP contribution in [0.15, 0.2) is 18.2 Å². The van der Waals surface area contributed by atoms with E-state index >= 15 is 0 Å². The molecule has 0 aromatic heterocycles.